The minimum Gasteiger partial charge on any atom is -0.356 e. The number of rotatable bonds is 6. The second-order valence-corrected chi connectivity index (χ2v) is 9.53. The summed E-state index contributed by atoms with van der Waals surface area (Å²) in [6, 6.07) is 4.75. The molecule has 2 fully saturated rings. The summed E-state index contributed by atoms with van der Waals surface area (Å²) in [7, 11) is -3.57. The predicted molar refractivity (Wildman–Crippen MR) is 110 cm³/mol. The molecule has 0 saturated carbocycles. The molecule has 30 heavy (non-hydrogen) atoms. The molecule has 0 aliphatic carbocycles. The van der Waals surface area contributed by atoms with E-state index in [2.05, 4.69) is 9.97 Å². The van der Waals surface area contributed by atoms with Gasteiger partial charge in [0.05, 0.1) is 6.54 Å². The lowest BCUT2D eigenvalue weighted by Crippen LogP contribution is -2.49. The third-order valence-electron chi connectivity index (χ3n) is 5.60. The summed E-state index contributed by atoms with van der Waals surface area (Å²) in [6.07, 6.45) is 6.49. The number of nitrogens with one attached hydrogen (secondary N) is 1. The van der Waals surface area contributed by atoms with E-state index < -0.39 is 10.0 Å². The molecule has 160 valence electrons. The first kappa shape index (κ1) is 20.7. The molecule has 0 spiro atoms. The number of Topliss-reactive ketones (excluding diaryl/α,β-unsaturated/α-hetero) is 1. The number of carbonyl (C=O) groups is 2. The summed E-state index contributed by atoms with van der Waals surface area (Å²) < 4.78 is 26.8. The number of likely N-dealkylation sites (tertiary alicyclic amines) is 1. The molecule has 0 atom stereocenters. The maximum Gasteiger partial charge on any atom is 0.270 e. The zero-order valence-electron chi connectivity index (χ0n) is 16.7. The van der Waals surface area contributed by atoms with Crippen LogP contribution in [0.25, 0.3) is 0 Å². The number of H-pyrrole nitrogens is 1. The van der Waals surface area contributed by atoms with E-state index in [1.54, 1.807) is 23.2 Å². The van der Waals surface area contributed by atoms with Gasteiger partial charge in [0.2, 0.25) is 10.0 Å². The van der Waals surface area contributed by atoms with Crippen molar-refractivity contribution in [2.75, 3.05) is 45.8 Å². The quantitative estimate of drug-likeness (QED) is 0.679. The lowest BCUT2D eigenvalue weighted by Gasteiger charge is -2.33. The second kappa shape index (κ2) is 8.66. The number of aromatic amines is 1. The molecule has 0 unspecified atom stereocenters. The Morgan fingerprint density at radius 2 is 1.80 bits per heavy atom. The van der Waals surface area contributed by atoms with Crippen LogP contribution in [0.2, 0.25) is 0 Å². The van der Waals surface area contributed by atoms with Crippen LogP contribution in [-0.2, 0) is 10.0 Å². The Hall–Kier alpha value is -2.56. The second-order valence-electron chi connectivity index (χ2n) is 7.59. The van der Waals surface area contributed by atoms with E-state index in [1.807, 2.05) is 4.90 Å². The fraction of sp³-hybridized carbons (Fsp3) is 0.450. The molecule has 2 aromatic heterocycles. The number of amides is 1. The van der Waals surface area contributed by atoms with E-state index in [4.69, 9.17) is 0 Å². The van der Waals surface area contributed by atoms with Crippen LogP contribution in [0.3, 0.4) is 0 Å². The van der Waals surface area contributed by atoms with E-state index in [1.165, 1.54) is 22.8 Å². The van der Waals surface area contributed by atoms with Crippen molar-refractivity contribution in [2.24, 2.45) is 0 Å². The number of hydrogen-bond acceptors (Lipinski definition) is 6. The van der Waals surface area contributed by atoms with Crippen molar-refractivity contribution in [2.45, 2.75) is 17.7 Å². The van der Waals surface area contributed by atoms with Gasteiger partial charge in [0.15, 0.2) is 5.78 Å². The maximum atomic E-state index is 12.7. The fourth-order valence-electron chi connectivity index (χ4n) is 3.84. The van der Waals surface area contributed by atoms with Crippen LogP contribution >= 0.6 is 0 Å². The van der Waals surface area contributed by atoms with Gasteiger partial charge >= 0.3 is 0 Å². The van der Waals surface area contributed by atoms with Gasteiger partial charge in [0.1, 0.15) is 10.6 Å². The number of hydrogen-bond donors (Lipinski definition) is 1. The number of carbonyl (C=O) groups excluding carboxylic acids is 2. The third kappa shape index (κ3) is 4.30. The van der Waals surface area contributed by atoms with Crippen LogP contribution in [0.15, 0.2) is 41.7 Å². The first-order valence-corrected chi connectivity index (χ1v) is 11.5. The van der Waals surface area contributed by atoms with Crippen LogP contribution < -0.4 is 0 Å². The highest BCUT2D eigenvalue weighted by molar-refractivity contribution is 7.89. The number of aromatic nitrogens is 2. The Kier molecular flexibility index (Phi) is 5.98. The molecule has 10 heteroatoms. The van der Waals surface area contributed by atoms with Crippen LogP contribution in [0.4, 0.5) is 0 Å². The molecule has 4 heterocycles. The Morgan fingerprint density at radius 3 is 2.47 bits per heavy atom. The molecule has 2 aliphatic rings. The molecule has 1 amide bonds. The normalized spacial score (nSPS) is 18.6. The number of sulfonamides is 1. The first-order chi connectivity index (χ1) is 14.4. The summed E-state index contributed by atoms with van der Waals surface area (Å²) in [4.78, 5) is 35.8. The molecular weight excluding hydrogens is 406 g/mol. The summed E-state index contributed by atoms with van der Waals surface area (Å²) in [5.41, 5.74) is 0.913. The van der Waals surface area contributed by atoms with Crippen molar-refractivity contribution in [1.29, 1.82) is 0 Å². The maximum absolute atomic E-state index is 12.7. The Labute approximate surface area is 175 Å². The van der Waals surface area contributed by atoms with Crippen LogP contribution in [0.1, 0.15) is 33.7 Å². The van der Waals surface area contributed by atoms with Crippen molar-refractivity contribution in [3.63, 3.8) is 0 Å². The van der Waals surface area contributed by atoms with Gasteiger partial charge in [-0.05, 0) is 31.0 Å². The molecule has 0 bridgehead atoms. The molecule has 9 nitrogen and oxygen atoms in total. The average Bonchev–Trinajstić information content (AvgIpc) is 3.47. The summed E-state index contributed by atoms with van der Waals surface area (Å²) in [5.74, 6) is -0.156. The third-order valence-corrected chi connectivity index (χ3v) is 7.48. The van der Waals surface area contributed by atoms with Crippen molar-refractivity contribution in [3.05, 3.63) is 48.0 Å². The lowest BCUT2D eigenvalue weighted by molar-refractivity contribution is 0.0787. The highest BCUT2D eigenvalue weighted by Crippen LogP contribution is 2.17. The molecule has 2 saturated heterocycles. The summed E-state index contributed by atoms with van der Waals surface area (Å²) in [5, 5.41) is 0. The highest BCUT2D eigenvalue weighted by Gasteiger charge is 2.29. The van der Waals surface area contributed by atoms with E-state index in [9.17, 15) is 18.0 Å². The average molecular weight is 432 g/mol. The largest absolute Gasteiger partial charge is 0.356 e. The monoisotopic (exact) mass is 431 g/mol. The van der Waals surface area contributed by atoms with Gasteiger partial charge in [-0.3, -0.25) is 19.5 Å². The van der Waals surface area contributed by atoms with Crippen molar-refractivity contribution >= 4 is 21.7 Å². The minimum absolute atomic E-state index is 0.0687. The van der Waals surface area contributed by atoms with Gasteiger partial charge in [-0.25, -0.2) is 8.42 Å². The molecule has 1 N–H and O–H groups in total. The van der Waals surface area contributed by atoms with E-state index in [0.717, 1.165) is 25.9 Å². The van der Waals surface area contributed by atoms with Gasteiger partial charge < -0.3 is 9.88 Å². The van der Waals surface area contributed by atoms with Crippen molar-refractivity contribution in [1.82, 2.24) is 24.1 Å². The van der Waals surface area contributed by atoms with E-state index in [-0.39, 0.29) is 23.1 Å². The fourth-order valence-corrected chi connectivity index (χ4v) is 5.23. The molecule has 2 aliphatic heterocycles. The zero-order valence-corrected chi connectivity index (χ0v) is 17.5. The standard InChI is InChI=1S/C20H25N5O4S/c26-19(16-12-18(22-13-16)20(27)24-6-1-2-7-24)15-23-8-10-25(11-9-23)30(28,29)17-4-3-5-21-14-17/h3-5,12-14,22H,1-2,6-11,15H2. The predicted octanol–water partition coefficient (Wildman–Crippen LogP) is 0.835. The Balaban J connectivity index is 1.32. The van der Waals surface area contributed by atoms with Gasteiger partial charge in [-0.1, -0.05) is 0 Å². The Bertz CT molecular complexity index is 1010. The highest BCUT2D eigenvalue weighted by atomic mass is 32.2. The molecule has 2 aromatic rings. The molecule has 0 aromatic carbocycles. The topological polar surface area (TPSA) is 107 Å². The molecular formula is C20H25N5O4S. The smallest absolute Gasteiger partial charge is 0.270 e. The summed E-state index contributed by atoms with van der Waals surface area (Å²) >= 11 is 0. The van der Waals surface area contributed by atoms with Crippen LogP contribution in [-0.4, -0.2) is 90.0 Å². The number of nitrogens with zero attached hydrogens (tertiary/aromatic N) is 4. The van der Waals surface area contributed by atoms with E-state index in [0.29, 0.717) is 37.4 Å². The number of piperazine rings is 1. The van der Waals surface area contributed by atoms with E-state index >= 15 is 0 Å². The van der Waals surface area contributed by atoms with Crippen LogP contribution in [0, 0.1) is 0 Å². The number of pyridine rings is 1. The van der Waals surface area contributed by atoms with Gasteiger partial charge in [0.25, 0.3) is 5.91 Å². The Morgan fingerprint density at radius 1 is 1.07 bits per heavy atom. The first-order valence-electron chi connectivity index (χ1n) is 10.1. The van der Waals surface area contributed by atoms with Crippen molar-refractivity contribution in [3.8, 4) is 0 Å². The van der Waals surface area contributed by atoms with Crippen LogP contribution in [0.5, 0.6) is 0 Å². The van der Waals surface area contributed by atoms with Gasteiger partial charge in [0, 0.05) is 63.4 Å². The molecule has 0 radical (unpaired) electrons. The summed E-state index contributed by atoms with van der Waals surface area (Å²) in [6.45, 7) is 3.27. The minimum atomic E-state index is -3.57. The lowest BCUT2D eigenvalue weighted by atomic mass is 10.2. The van der Waals surface area contributed by atoms with Gasteiger partial charge in [-0.2, -0.15) is 4.31 Å². The SMILES string of the molecule is O=C(CN1CCN(S(=O)(=O)c2cccnc2)CC1)c1c[nH]c(C(=O)N2CCCC2)c1. The van der Waals surface area contributed by atoms with Crippen molar-refractivity contribution < 1.29 is 18.0 Å². The number of ketones is 1. The van der Waals surface area contributed by atoms with Gasteiger partial charge in [-0.15, -0.1) is 0 Å². The molecule has 4 rings (SSSR count). The zero-order chi connectivity index (χ0) is 21.1.